The fourth-order valence-corrected chi connectivity index (χ4v) is 3.20. The second-order valence-corrected chi connectivity index (χ2v) is 6.42. The first-order valence-electron chi connectivity index (χ1n) is 8.83. The Balaban J connectivity index is 0.00000182. The van der Waals surface area contributed by atoms with E-state index < -0.39 is 0 Å². The molecule has 148 valence electrons. The number of aromatic nitrogens is 2. The number of rotatable bonds is 6. The van der Waals surface area contributed by atoms with Crippen molar-refractivity contribution in [2.75, 3.05) is 32.0 Å². The fraction of sp³-hybridized carbons (Fsp3) is 0.421. The summed E-state index contributed by atoms with van der Waals surface area (Å²) >= 11 is 0. The molecular weight excluding hydrogens is 385 g/mol. The lowest BCUT2D eigenvalue weighted by molar-refractivity contribution is 0.0687. The smallest absolute Gasteiger partial charge is 0.253 e. The lowest BCUT2D eigenvalue weighted by Crippen LogP contribution is -2.39. The van der Waals surface area contributed by atoms with E-state index in [1.54, 1.807) is 18.6 Å². The SMILES string of the molecule is CNCCC1CCN(C(=O)c2cccc(Nc3cnccn3)c2)CC1.Cl.Cl. The Morgan fingerprint density at radius 3 is 2.67 bits per heavy atom. The minimum absolute atomic E-state index is 0. The Morgan fingerprint density at radius 1 is 1.22 bits per heavy atom. The number of piperidine rings is 1. The Morgan fingerprint density at radius 2 is 2.00 bits per heavy atom. The molecule has 1 saturated heterocycles. The molecule has 2 heterocycles. The molecule has 0 unspecified atom stereocenters. The van der Waals surface area contributed by atoms with Crippen LogP contribution in [0.25, 0.3) is 0 Å². The first kappa shape index (κ1) is 23.1. The predicted octanol–water partition coefficient (Wildman–Crippen LogP) is 3.53. The standard InChI is InChI=1S/C19H25N5O.2ClH/c1-20-8-5-15-6-11-24(12-7-15)19(25)16-3-2-4-17(13-16)23-18-14-21-9-10-22-18;;/h2-4,9-10,13-15,20H,5-8,11-12H2,1H3,(H,22,23);2*1H. The van der Waals surface area contributed by atoms with Crippen molar-refractivity contribution in [3.05, 3.63) is 48.4 Å². The Kier molecular flexibility index (Phi) is 10.1. The molecule has 3 rings (SSSR count). The van der Waals surface area contributed by atoms with Crippen LogP contribution < -0.4 is 10.6 Å². The van der Waals surface area contributed by atoms with Crippen molar-refractivity contribution in [2.45, 2.75) is 19.3 Å². The van der Waals surface area contributed by atoms with Gasteiger partial charge in [0.25, 0.3) is 5.91 Å². The number of carbonyl (C=O) groups is 1. The molecule has 0 spiro atoms. The van der Waals surface area contributed by atoms with Gasteiger partial charge >= 0.3 is 0 Å². The zero-order valence-electron chi connectivity index (χ0n) is 15.4. The maximum Gasteiger partial charge on any atom is 0.253 e. The molecule has 0 atom stereocenters. The van der Waals surface area contributed by atoms with E-state index in [-0.39, 0.29) is 30.7 Å². The Bertz CT molecular complexity index is 694. The molecule has 1 aromatic carbocycles. The van der Waals surface area contributed by atoms with Gasteiger partial charge in [-0.15, -0.1) is 24.8 Å². The van der Waals surface area contributed by atoms with Gasteiger partial charge in [0.05, 0.1) is 6.20 Å². The second kappa shape index (κ2) is 11.7. The van der Waals surface area contributed by atoms with Gasteiger partial charge in [0.15, 0.2) is 0 Å². The van der Waals surface area contributed by atoms with E-state index in [1.165, 1.54) is 6.42 Å². The first-order chi connectivity index (χ1) is 12.3. The van der Waals surface area contributed by atoms with Crippen molar-refractivity contribution in [2.24, 2.45) is 5.92 Å². The number of hydrogen-bond acceptors (Lipinski definition) is 5. The first-order valence-corrected chi connectivity index (χ1v) is 8.83. The molecule has 1 aliphatic rings. The quantitative estimate of drug-likeness (QED) is 0.760. The number of nitrogens with one attached hydrogen (secondary N) is 2. The topological polar surface area (TPSA) is 70.2 Å². The zero-order valence-corrected chi connectivity index (χ0v) is 17.1. The van der Waals surface area contributed by atoms with Crippen molar-refractivity contribution in [1.29, 1.82) is 0 Å². The lowest BCUT2D eigenvalue weighted by Gasteiger charge is -2.32. The normalized spacial score (nSPS) is 14.0. The third kappa shape index (κ3) is 6.65. The molecule has 1 amide bonds. The van der Waals surface area contributed by atoms with E-state index >= 15 is 0 Å². The van der Waals surface area contributed by atoms with Crippen LogP contribution in [-0.4, -0.2) is 47.5 Å². The number of benzene rings is 1. The summed E-state index contributed by atoms with van der Waals surface area (Å²) in [5.41, 5.74) is 1.55. The largest absolute Gasteiger partial charge is 0.339 e. The van der Waals surface area contributed by atoms with Crippen LogP contribution in [0.2, 0.25) is 0 Å². The van der Waals surface area contributed by atoms with Crippen LogP contribution in [0.5, 0.6) is 0 Å². The third-order valence-electron chi connectivity index (χ3n) is 4.65. The molecule has 27 heavy (non-hydrogen) atoms. The monoisotopic (exact) mass is 411 g/mol. The summed E-state index contributed by atoms with van der Waals surface area (Å²) in [4.78, 5) is 23.0. The van der Waals surface area contributed by atoms with E-state index in [1.807, 2.05) is 36.2 Å². The highest BCUT2D eigenvalue weighted by Gasteiger charge is 2.23. The zero-order chi connectivity index (χ0) is 17.5. The van der Waals surface area contributed by atoms with Gasteiger partial charge < -0.3 is 15.5 Å². The van der Waals surface area contributed by atoms with Crippen molar-refractivity contribution in [3.63, 3.8) is 0 Å². The summed E-state index contributed by atoms with van der Waals surface area (Å²) < 4.78 is 0. The maximum atomic E-state index is 12.8. The minimum atomic E-state index is 0. The van der Waals surface area contributed by atoms with Crippen LogP contribution in [0.15, 0.2) is 42.9 Å². The number of hydrogen-bond donors (Lipinski definition) is 2. The highest BCUT2D eigenvalue weighted by molar-refractivity contribution is 5.95. The molecule has 0 radical (unpaired) electrons. The average molecular weight is 412 g/mol. The molecule has 1 fully saturated rings. The Hall–Kier alpha value is -1.89. The summed E-state index contributed by atoms with van der Waals surface area (Å²) in [6.45, 7) is 2.73. The molecule has 6 nitrogen and oxygen atoms in total. The summed E-state index contributed by atoms with van der Waals surface area (Å²) in [7, 11) is 1.99. The number of likely N-dealkylation sites (tertiary alicyclic amines) is 1. The van der Waals surface area contributed by atoms with Gasteiger partial charge in [-0.05, 0) is 57.0 Å². The predicted molar refractivity (Wildman–Crippen MR) is 113 cm³/mol. The van der Waals surface area contributed by atoms with E-state index in [2.05, 4.69) is 20.6 Å². The van der Waals surface area contributed by atoms with Gasteiger partial charge in [-0.2, -0.15) is 0 Å². The van der Waals surface area contributed by atoms with Crippen LogP contribution in [0.3, 0.4) is 0 Å². The molecule has 1 aromatic heterocycles. The van der Waals surface area contributed by atoms with Crippen LogP contribution in [-0.2, 0) is 0 Å². The van der Waals surface area contributed by atoms with E-state index in [0.29, 0.717) is 11.4 Å². The van der Waals surface area contributed by atoms with Gasteiger partial charge in [-0.3, -0.25) is 9.78 Å². The van der Waals surface area contributed by atoms with Crippen molar-refractivity contribution >= 4 is 42.2 Å². The molecule has 0 saturated carbocycles. The highest BCUT2D eigenvalue weighted by Crippen LogP contribution is 2.22. The maximum absolute atomic E-state index is 12.8. The molecule has 8 heteroatoms. The van der Waals surface area contributed by atoms with Gasteiger partial charge in [0, 0.05) is 36.7 Å². The van der Waals surface area contributed by atoms with Crippen LogP contribution in [0.4, 0.5) is 11.5 Å². The lowest BCUT2D eigenvalue weighted by atomic mass is 9.93. The van der Waals surface area contributed by atoms with Crippen molar-refractivity contribution < 1.29 is 4.79 Å². The van der Waals surface area contributed by atoms with Gasteiger partial charge in [-0.1, -0.05) is 6.07 Å². The summed E-state index contributed by atoms with van der Waals surface area (Å²) in [6, 6.07) is 7.57. The van der Waals surface area contributed by atoms with Gasteiger partial charge in [-0.25, -0.2) is 4.98 Å². The number of carbonyl (C=O) groups excluding carboxylic acids is 1. The number of anilines is 2. The molecule has 0 bridgehead atoms. The molecule has 2 N–H and O–H groups in total. The van der Waals surface area contributed by atoms with E-state index in [4.69, 9.17) is 0 Å². The fourth-order valence-electron chi connectivity index (χ4n) is 3.20. The van der Waals surface area contributed by atoms with Crippen molar-refractivity contribution in [1.82, 2.24) is 20.2 Å². The van der Waals surface area contributed by atoms with Crippen molar-refractivity contribution in [3.8, 4) is 0 Å². The van der Waals surface area contributed by atoms with Crippen LogP contribution in [0.1, 0.15) is 29.6 Å². The molecule has 0 aliphatic carbocycles. The molecule has 1 aliphatic heterocycles. The number of nitrogens with zero attached hydrogens (tertiary/aromatic N) is 3. The second-order valence-electron chi connectivity index (χ2n) is 6.42. The van der Waals surface area contributed by atoms with Gasteiger partial charge in [0.1, 0.15) is 5.82 Å². The minimum Gasteiger partial charge on any atom is -0.339 e. The average Bonchev–Trinajstić information content (AvgIpc) is 2.67. The summed E-state index contributed by atoms with van der Waals surface area (Å²) in [5.74, 6) is 1.49. The molecule has 2 aromatic rings. The summed E-state index contributed by atoms with van der Waals surface area (Å²) in [5, 5.41) is 6.38. The Labute approximate surface area is 173 Å². The molecular formula is C19H27Cl2N5O. The van der Waals surface area contributed by atoms with E-state index in [9.17, 15) is 4.79 Å². The van der Waals surface area contributed by atoms with Crippen LogP contribution in [0, 0.1) is 5.92 Å². The highest BCUT2D eigenvalue weighted by atomic mass is 35.5. The van der Waals surface area contributed by atoms with Crippen LogP contribution >= 0.6 is 24.8 Å². The summed E-state index contributed by atoms with van der Waals surface area (Å²) in [6.07, 6.45) is 8.29. The number of halogens is 2. The number of amides is 1. The van der Waals surface area contributed by atoms with E-state index in [0.717, 1.165) is 44.1 Å². The van der Waals surface area contributed by atoms with Gasteiger partial charge in [0.2, 0.25) is 0 Å². The third-order valence-corrected chi connectivity index (χ3v) is 4.65.